The van der Waals surface area contributed by atoms with Crippen LogP contribution in [0.15, 0.2) is 0 Å². The van der Waals surface area contributed by atoms with Crippen molar-refractivity contribution in [3.05, 3.63) is 0 Å². The highest BCUT2D eigenvalue weighted by Gasteiger charge is 2.23. The minimum Gasteiger partial charge on any atom is -0.375 e. The molecule has 0 aromatic heterocycles. The lowest BCUT2D eigenvalue weighted by atomic mass is 10.1. The molecule has 1 saturated heterocycles. The Morgan fingerprint density at radius 2 is 2.27 bits per heavy atom. The van der Waals surface area contributed by atoms with Crippen LogP contribution in [0.4, 0.5) is 4.39 Å². The second-order valence-corrected chi connectivity index (χ2v) is 3.28. The molecular weight excluding hydrogens is 143 g/mol. The van der Waals surface area contributed by atoms with E-state index in [0.29, 0.717) is 13.0 Å². The molecule has 0 saturated carbocycles. The molecule has 0 spiro atoms. The molecule has 1 aliphatic heterocycles. The fourth-order valence-electron chi connectivity index (χ4n) is 1.49. The Labute approximate surface area is 67.9 Å². The van der Waals surface area contributed by atoms with Gasteiger partial charge in [0.2, 0.25) is 0 Å². The average Bonchev–Trinajstić information content (AvgIpc) is 2.37. The molecule has 0 aromatic rings. The number of unbranched alkanes of at least 4 members (excludes halogenated alkanes) is 2. The number of hydrogen-bond donors (Lipinski definition) is 0. The molecule has 1 fully saturated rings. The number of alkyl halides is 1. The number of halogens is 1. The van der Waals surface area contributed by atoms with E-state index in [1.54, 1.807) is 0 Å². The van der Waals surface area contributed by atoms with Gasteiger partial charge in [0.05, 0.1) is 12.7 Å². The van der Waals surface area contributed by atoms with E-state index < -0.39 is 6.17 Å². The topological polar surface area (TPSA) is 9.23 Å². The molecule has 1 nitrogen and oxygen atoms in total. The lowest BCUT2D eigenvalue weighted by Gasteiger charge is -2.06. The fourth-order valence-corrected chi connectivity index (χ4v) is 1.49. The maximum Gasteiger partial charge on any atom is 0.126 e. The molecule has 1 heterocycles. The van der Waals surface area contributed by atoms with Gasteiger partial charge in [-0.05, 0) is 6.42 Å². The van der Waals surface area contributed by atoms with Crippen LogP contribution >= 0.6 is 0 Å². The summed E-state index contributed by atoms with van der Waals surface area (Å²) in [6.07, 6.45) is 4.87. The molecule has 0 unspecified atom stereocenters. The zero-order chi connectivity index (χ0) is 8.10. The van der Waals surface area contributed by atoms with E-state index in [9.17, 15) is 4.39 Å². The monoisotopic (exact) mass is 160 g/mol. The number of hydrogen-bond acceptors (Lipinski definition) is 1. The zero-order valence-corrected chi connectivity index (χ0v) is 7.18. The van der Waals surface area contributed by atoms with Crippen molar-refractivity contribution >= 4 is 0 Å². The van der Waals surface area contributed by atoms with Crippen molar-refractivity contribution < 1.29 is 9.13 Å². The Kier molecular flexibility index (Phi) is 3.84. The van der Waals surface area contributed by atoms with E-state index in [1.165, 1.54) is 19.3 Å². The highest BCUT2D eigenvalue weighted by molar-refractivity contribution is 4.72. The smallest absolute Gasteiger partial charge is 0.126 e. The average molecular weight is 160 g/mol. The van der Waals surface area contributed by atoms with Crippen molar-refractivity contribution in [1.29, 1.82) is 0 Å². The summed E-state index contributed by atoms with van der Waals surface area (Å²) < 4.78 is 17.8. The van der Waals surface area contributed by atoms with Gasteiger partial charge in [0.15, 0.2) is 0 Å². The van der Waals surface area contributed by atoms with Crippen LogP contribution in [0.25, 0.3) is 0 Å². The van der Waals surface area contributed by atoms with E-state index in [1.807, 2.05) is 0 Å². The first-order chi connectivity index (χ1) is 5.33. The summed E-state index contributed by atoms with van der Waals surface area (Å²) in [4.78, 5) is 0. The summed E-state index contributed by atoms with van der Waals surface area (Å²) in [5.41, 5.74) is 0. The van der Waals surface area contributed by atoms with Crippen LogP contribution < -0.4 is 0 Å². The Balaban J connectivity index is 1.99. The third-order valence-corrected chi connectivity index (χ3v) is 2.16. The third-order valence-electron chi connectivity index (χ3n) is 2.16. The van der Waals surface area contributed by atoms with Gasteiger partial charge in [-0.1, -0.05) is 26.2 Å². The van der Waals surface area contributed by atoms with Gasteiger partial charge in [0.25, 0.3) is 0 Å². The molecule has 0 bridgehead atoms. The second-order valence-electron chi connectivity index (χ2n) is 3.28. The molecule has 0 aromatic carbocycles. The standard InChI is InChI=1S/C9H17FO/c1-2-3-4-5-9-6-8(10)7-11-9/h8-9H,2-7H2,1H3/t8-,9-/m0/s1. The van der Waals surface area contributed by atoms with Crippen LogP contribution in [0.2, 0.25) is 0 Å². The van der Waals surface area contributed by atoms with Crippen molar-refractivity contribution in [3.8, 4) is 0 Å². The van der Waals surface area contributed by atoms with Gasteiger partial charge in [0.1, 0.15) is 6.17 Å². The predicted octanol–water partition coefficient (Wildman–Crippen LogP) is 2.69. The normalized spacial score (nSPS) is 31.1. The second kappa shape index (κ2) is 4.70. The van der Waals surface area contributed by atoms with Gasteiger partial charge in [-0.3, -0.25) is 0 Å². The van der Waals surface area contributed by atoms with E-state index in [-0.39, 0.29) is 6.10 Å². The molecule has 1 rings (SSSR count). The summed E-state index contributed by atoms with van der Waals surface area (Å²) >= 11 is 0. The first-order valence-corrected chi connectivity index (χ1v) is 4.58. The van der Waals surface area contributed by atoms with Crippen molar-refractivity contribution in [2.45, 2.75) is 51.3 Å². The number of rotatable bonds is 4. The maximum absolute atomic E-state index is 12.6. The fraction of sp³-hybridized carbons (Fsp3) is 1.00. The maximum atomic E-state index is 12.6. The molecule has 0 aliphatic carbocycles. The van der Waals surface area contributed by atoms with Crippen molar-refractivity contribution in [3.63, 3.8) is 0 Å². The minimum atomic E-state index is -0.693. The van der Waals surface area contributed by atoms with Gasteiger partial charge in [-0.2, -0.15) is 0 Å². The molecule has 1 aliphatic rings. The molecule has 2 heteroatoms. The van der Waals surface area contributed by atoms with Crippen LogP contribution in [-0.2, 0) is 4.74 Å². The van der Waals surface area contributed by atoms with Gasteiger partial charge in [-0.15, -0.1) is 0 Å². The third kappa shape index (κ3) is 3.19. The lowest BCUT2D eigenvalue weighted by Crippen LogP contribution is -2.04. The van der Waals surface area contributed by atoms with E-state index in [2.05, 4.69) is 6.92 Å². The molecule has 0 N–H and O–H groups in total. The molecular formula is C9H17FO. The largest absolute Gasteiger partial charge is 0.375 e. The van der Waals surface area contributed by atoms with Crippen LogP contribution in [0, 0.1) is 0 Å². The molecule has 0 radical (unpaired) electrons. The van der Waals surface area contributed by atoms with Gasteiger partial charge >= 0.3 is 0 Å². The Bertz CT molecular complexity index is 106. The molecule has 11 heavy (non-hydrogen) atoms. The quantitative estimate of drug-likeness (QED) is 0.574. The van der Waals surface area contributed by atoms with E-state index in [4.69, 9.17) is 4.74 Å². The predicted molar refractivity (Wildman–Crippen MR) is 43.4 cm³/mol. The Morgan fingerprint density at radius 3 is 2.82 bits per heavy atom. The summed E-state index contributed by atoms with van der Waals surface area (Å²) in [6, 6.07) is 0. The highest BCUT2D eigenvalue weighted by atomic mass is 19.1. The van der Waals surface area contributed by atoms with Crippen molar-refractivity contribution in [1.82, 2.24) is 0 Å². The molecule has 0 amide bonds. The first-order valence-electron chi connectivity index (χ1n) is 4.58. The van der Waals surface area contributed by atoms with E-state index in [0.717, 1.165) is 6.42 Å². The van der Waals surface area contributed by atoms with Crippen molar-refractivity contribution in [2.24, 2.45) is 0 Å². The molecule has 66 valence electrons. The van der Waals surface area contributed by atoms with Crippen LogP contribution in [0.3, 0.4) is 0 Å². The minimum absolute atomic E-state index is 0.219. The SMILES string of the molecule is CCCCC[C@H]1C[C@H](F)CO1. The summed E-state index contributed by atoms with van der Waals surface area (Å²) in [5.74, 6) is 0. The first kappa shape index (κ1) is 8.98. The molecule has 2 atom stereocenters. The van der Waals surface area contributed by atoms with Crippen LogP contribution in [-0.4, -0.2) is 18.9 Å². The van der Waals surface area contributed by atoms with E-state index >= 15 is 0 Å². The summed E-state index contributed by atoms with van der Waals surface area (Å²) in [7, 11) is 0. The van der Waals surface area contributed by atoms with Crippen LogP contribution in [0.5, 0.6) is 0 Å². The Hall–Kier alpha value is -0.110. The Morgan fingerprint density at radius 1 is 1.45 bits per heavy atom. The lowest BCUT2D eigenvalue weighted by molar-refractivity contribution is 0.0951. The van der Waals surface area contributed by atoms with Gasteiger partial charge < -0.3 is 4.74 Å². The van der Waals surface area contributed by atoms with Gasteiger partial charge in [0, 0.05) is 6.42 Å². The zero-order valence-electron chi connectivity index (χ0n) is 7.18. The van der Waals surface area contributed by atoms with Crippen LogP contribution in [0.1, 0.15) is 39.0 Å². The number of ether oxygens (including phenoxy) is 1. The van der Waals surface area contributed by atoms with Gasteiger partial charge in [-0.25, -0.2) is 4.39 Å². The summed E-state index contributed by atoms with van der Waals surface area (Å²) in [5, 5.41) is 0. The van der Waals surface area contributed by atoms with Crippen molar-refractivity contribution in [2.75, 3.05) is 6.61 Å². The highest BCUT2D eigenvalue weighted by Crippen LogP contribution is 2.20. The summed E-state index contributed by atoms with van der Waals surface area (Å²) in [6.45, 7) is 2.50.